The summed E-state index contributed by atoms with van der Waals surface area (Å²) in [5.41, 5.74) is 6.23. The molecule has 4 heteroatoms. The second-order valence-electron chi connectivity index (χ2n) is 15.0. The van der Waals surface area contributed by atoms with Crippen LogP contribution in [0.2, 0.25) is 0 Å². The summed E-state index contributed by atoms with van der Waals surface area (Å²) in [5, 5.41) is 3.10. The Balaban J connectivity index is 0.000000245. The van der Waals surface area contributed by atoms with Gasteiger partial charge in [-0.1, -0.05) is 60.7 Å². The number of allylic oxidation sites excluding steroid dienone is 4. The molecule has 0 radical (unpaired) electrons. The van der Waals surface area contributed by atoms with Gasteiger partial charge in [-0.05, 0) is 11.1 Å². The third-order valence-corrected chi connectivity index (χ3v) is 25.6. The largest absolute Gasteiger partial charge is 0.0622 e. The first-order valence-corrected chi connectivity index (χ1v) is 23.7. The SMILES string of the molecule is CC1=C(C)C(C)[C]([Ti]([NH]C23CC4CC(CC(F)(C4)C2)C3)[SiH](c2ccccc2)c2ccccc2)=C1C.c1ccc(-c2ccccc2)cc1. The Bertz CT molecular complexity index is 1650. The van der Waals surface area contributed by atoms with Gasteiger partial charge in [-0.25, -0.2) is 0 Å². The predicted molar refractivity (Wildman–Crippen MR) is 196 cm³/mol. The molecule has 3 unspecified atom stereocenters. The molecule has 5 aliphatic rings. The van der Waals surface area contributed by atoms with E-state index in [4.69, 9.17) is 0 Å². The molecule has 4 saturated carbocycles. The number of hydrogen-bond acceptors (Lipinski definition) is 1. The van der Waals surface area contributed by atoms with Crippen LogP contribution in [0.4, 0.5) is 4.39 Å². The Morgan fingerprint density at radius 1 is 0.638 bits per heavy atom. The molecule has 0 aliphatic heterocycles. The molecule has 0 saturated heterocycles. The van der Waals surface area contributed by atoms with Crippen LogP contribution in [0.5, 0.6) is 0 Å². The van der Waals surface area contributed by atoms with Crippen LogP contribution in [-0.4, -0.2) is 17.9 Å². The third-order valence-electron chi connectivity index (χ3n) is 11.8. The van der Waals surface area contributed by atoms with Gasteiger partial charge in [0.05, 0.1) is 0 Å². The molecule has 47 heavy (non-hydrogen) atoms. The molecule has 0 heterocycles. The van der Waals surface area contributed by atoms with Crippen molar-refractivity contribution in [2.24, 2.45) is 17.8 Å². The molecule has 1 nitrogen and oxygen atoms in total. The summed E-state index contributed by atoms with van der Waals surface area (Å²) >= 11 is -2.07. The molecular weight excluding hydrogens is 625 g/mol. The Hall–Kier alpha value is -2.82. The van der Waals surface area contributed by atoms with Crippen LogP contribution in [0, 0.1) is 17.8 Å². The maximum atomic E-state index is 16.1. The summed E-state index contributed by atoms with van der Waals surface area (Å²) in [6, 6.07) is 43.5. The zero-order chi connectivity index (χ0) is 32.6. The van der Waals surface area contributed by atoms with Gasteiger partial charge in [-0.2, -0.15) is 0 Å². The van der Waals surface area contributed by atoms with Crippen LogP contribution in [0.15, 0.2) is 142 Å². The summed E-state index contributed by atoms with van der Waals surface area (Å²) in [4.78, 5) is 0. The number of hydrogen-bond donors (Lipinski definition) is 1. The van der Waals surface area contributed by atoms with Gasteiger partial charge in [0.25, 0.3) is 0 Å². The average Bonchev–Trinajstić information content (AvgIpc) is 3.27. The van der Waals surface area contributed by atoms with Crippen molar-refractivity contribution in [3.8, 4) is 11.1 Å². The molecule has 1 N–H and O–H groups in total. The van der Waals surface area contributed by atoms with Gasteiger partial charge >= 0.3 is 219 Å². The van der Waals surface area contributed by atoms with Crippen LogP contribution in [0.1, 0.15) is 66.2 Å². The van der Waals surface area contributed by atoms with Crippen LogP contribution >= 0.6 is 0 Å². The van der Waals surface area contributed by atoms with Crippen molar-refractivity contribution in [2.75, 3.05) is 0 Å². The van der Waals surface area contributed by atoms with Gasteiger partial charge in [0, 0.05) is 0 Å². The quantitative estimate of drug-likeness (QED) is 0.193. The Kier molecular flexibility index (Phi) is 9.46. The van der Waals surface area contributed by atoms with Gasteiger partial charge in [0.2, 0.25) is 0 Å². The van der Waals surface area contributed by atoms with E-state index in [1.807, 2.05) is 12.1 Å². The normalized spacial score (nSPS) is 27.7. The maximum Gasteiger partial charge on any atom is -0.0184 e. The van der Waals surface area contributed by atoms with Crippen LogP contribution in [0.25, 0.3) is 11.1 Å². The monoisotopic (exact) mass is 674 g/mol. The van der Waals surface area contributed by atoms with Gasteiger partial charge < -0.3 is 0 Å². The molecule has 0 aromatic heterocycles. The molecule has 0 spiro atoms. The number of nitrogens with one attached hydrogen (secondary N) is 1. The molecule has 241 valence electrons. The molecule has 4 bridgehead atoms. The fourth-order valence-corrected chi connectivity index (χ4v) is 26.3. The van der Waals surface area contributed by atoms with E-state index < -0.39 is 29.7 Å². The first-order valence-electron chi connectivity index (χ1n) is 17.7. The molecule has 4 aromatic rings. The van der Waals surface area contributed by atoms with Crippen molar-refractivity contribution in [3.63, 3.8) is 0 Å². The zero-order valence-electron chi connectivity index (χ0n) is 28.5. The van der Waals surface area contributed by atoms with Gasteiger partial charge in [-0.15, -0.1) is 0 Å². The van der Waals surface area contributed by atoms with Crippen molar-refractivity contribution in [3.05, 3.63) is 142 Å². The average molecular weight is 675 g/mol. The Morgan fingerprint density at radius 3 is 1.49 bits per heavy atom. The van der Waals surface area contributed by atoms with Crippen molar-refractivity contribution in [1.29, 1.82) is 0 Å². The van der Waals surface area contributed by atoms with E-state index in [0.717, 1.165) is 19.3 Å². The first-order chi connectivity index (χ1) is 22.7. The minimum absolute atomic E-state index is 0.0143. The predicted octanol–water partition coefficient (Wildman–Crippen LogP) is 9.32. The molecule has 5 aliphatic carbocycles. The van der Waals surface area contributed by atoms with E-state index in [0.29, 0.717) is 17.8 Å². The molecule has 4 fully saturated rings. The summed E-state index contributed by atoms with van der Waals surface area (Å²) in [7, 11) is 0. The topological polar surface area (TPSA) is 12.0 Å². The number of halogens is 1. The fraction of sp³-hybridized carbons (Fsp3) is 0.349. The van der Waals surface area contributed by atoms with Crippen molar-refractivity contribution in [2.45, 2.75) is 77.4 Å². The van der Waals surface area contributed by atoms with Crippen LogP contribution in [-0.2, 0) is 17.4 Å². The number of rotatable bonds is 7. The maximum absolute atomic E-state index is 16.1. The summed E-state index contributed by atoms with van der Waals surface area (Å²) in [6.07, 6.45) is 6.04. The Morgan fingerprint density at radius 2 is 1.09 bits per heavy atom. The van der Waals surface area contributed by atoms with Crippen molar-refractivity contribution < 1.29 is 21.8 Å². The summed E-state index contributed by atoms with van der Waals surface area (Å²) in [6.45, 7) is 7.94. The Labute approximate surface area is 289 Å². The van der Waals surface area contributed by atoms with Crippen LogP contribution in [0.3, 0.4) is 0 Å². The summed E-state index contributed by atoms with van der Waals surface area (Å²) < 4.78 is 22.3. The van der Waals surface area contributed by atoms with E-state index in [1.165, 1.54) is 36.0 Å². The van der Waals surface area contributed by atoms with E-state index >= 15 is 4.39 Å². The second kappa shape index (κ2) is 13.6. The zero-order valence-corrected chi connectivity index (χ0v) is 31.2. The molecule has 3 atom stereocenters. The van der Waals surface area contributed by atoms with Crippen molar-refractivity contribution in [1.82, 2.24) is 3.80 Å². The molecule has 9 rings (SSSR count). The van der Waals surface area contributed by atoms with Gasteiger partial charge in [-0.3, -0.25) is 0 Å². The second-order valence-corrected chi connectivity index (χ2v) is 24.8. The van der Waals surface area contributed by atoms with Gasteiger partial charge in [0.15, 0.2) is 0 Å². The smallest absolute Gasteiger partial charge is 0.0184 e. The van der Waals surface area contributed by atoms with Crippen LogP contribution < -0.4 is 14.2 Å². The third kappa shape index (κ3) is 6.75. The molecular formula is C43H49FNSiTi. The standard InChI is InChI=1S/C12H11Si.C12H10.C10H15FN.C9H13.Ti/c1-3-7-11(8-4-1)13-12-9-5-2-6-10-12;1-3-7-11(8-4-1)12-9-5-2-6-10-12;11-9-2-7-1-8(3-9)5-10(12,4-7)6-9;1-6-5-7(2)9(4)8(6)3;/h1-10,13H;1-10H;7-8,12H,1-6H2;6H,1-4H3;/q;;-1;;+1. The summed E-state index contributed by atoms with van der Waals surface area (Å²) in [5.74, 6) is 1.67. The van der Waals surface area contributed by atoms with E-state index in [1.54, 1.807) is 25.4 Å². The first kappa shape index (κ1) is 32.7. The molecule has 4 aromatic carbocycles. The van der Waals surface area contributed by atoms with Gasteiger partial charge in [0.1, 0.15) is 0 Å². The fourth-order valence-electron chi connectivity index (χ4n) is 9.75. The van der Waals surface area contributed by atoms with E-state index in [2.05, 4.69) is 141 Å². The van der Waals surface area contributed by atoms with E-state index in [9.17, 15) is 0 Å². The minimum Gasteiger partial charge on any atom is -0.0622 e. The van der Waals surface area contributed by atoms with E-state index in [-0.39, 0.29) is 5.54 Å². The van der Waals surface area contributed by atoms with Crippen molar-refractivity contribution >= 4 is 17.0 Å². The number of benzene rings is 4. The minimum atomic E-state index is -2.07. The number of alkyl halides is 1. The molecule has 0 amide bonds.